The molecule has 0 aliphatic carbocycles. The van der Waals surface area contributed by atoms with Crippen molar-refractivity contribution in [2.75, 3.05) is 0 Å². The number of hydrogen-bond acceptors (Lipinski definition) is 4. The number of aryl methyl sites for hydroxylation is 3. The zero-order valence-corrected chi connectivity index (χ0v) is 46.5. The number of hydrogen-bond donors (Lipinski definition) is 0. The van der Waals surface area contributed by atoms with Gasteiger partial charge in [0.2, 0.25) is 0 Å². The van der Waals surface area contributed by atoms with Crippen molar-refractivity contribution in [2.45, 2.75) is 60.1 Å². The van der Waals surface area contributed by atoms with Gasteiger partial charge in [-0.2, -0.15) is 5.26 Å². The van der Waals surface area contributed by atoms with E-state index in [1.54, 1.807) is 30.3 Å². The molecule has 10 aromatic carbocycles. The summed E-state index contributed by atoms with van der Waals surface area (Å²) in [6, 6.07) is 69.7. The number of furan rings is 1. The van der Waals surface area contributed by atoms with E-state index in [1.807, 2.05) is 54.6 Å². The van der Waals surface area contributed by atoms with Gasteiger partial charge in [-0.05, 0) is 131 Å². The summed E-state index contributed by atoms with van der Waals surface area (Å²) < 4.78 is 97.3. The molecule has 0 aliphatic rings. The third-order valence-corrected chi connectivity index (χ3v) is 14.5. The van der Waals surface area contributed by atoms with Crippen LogP contribution in [0.3, 0.4) is 0 Å². The molecule has 0 spiro atoms. The van der Waals surface area contributed by atoms with Crippen LogP contribution in [0.5, 0.6) is 0 Å². The maximum absolute atomic E-state index is 13.7. The van der Waals surface area contributed by atoms with Crippen molar-refractivity contribution < 1.29 is 41.2 Å². The van der Waals surface area contributed by atoms with Gasteiger partial charge in [-0.3, -0.25) is 9.97 Å². The fraction of sp³-hybridized carbons (Fsp3) is 0.125. The van der Waals surface area contributed by atoms with E-state index in [9.17, 15) is 9.65 Å². The number of halogens is 1. The van der Waals surface area contributed by atoms with Crippen molar-refractivity contribution in [3.05, 3.63) is 252 Å². The molecule has 393 valence electrons. The molecule has 3 heterocycles. The summed E-state index contributed by atoms with van der Waals surface area (Å²) in [5.41, 5.74) is 14.2. The van der Waals surface area contributed by atoms with Crippen LogP contribution in [0.2, 0.25) is 0 Å². The third kappa shape index (κ3) is 9.64. The molecule has 3 aromatic heterocycles. The van der Waals surface area contributed by atoms with Crippen molar-refractivity contribution in [1.29, 1.82) is 5.26 Å². The van der Waals surface area contributed by atoms with E-state index in [1.165, 1.54) is 75.4 Å². The first-order valence-electron chi connectivity index (χ1n) is 30.6. The minimum atomic E-state index is -2.66. The predicted molar refractivity (Wildman–Crippen MR) is 321 cm³/mol. The van der Waals surface area contributed by atoms with Crippen molar-refractivity contribution in [1.82, 2.24) is 19.1 Å². The van der Waals surface area contributed by atoms with Crippen LogP contribution in [-0.2, 0) is 20.1 Å². The molecule has 13 aromatic rings. The van der Waals surface area contributed by atoms with Crippen LogP contribution in [0.4, 0.5) is 4.39 Å². The summed E-state index contributed by atoms with van der Waals surface area (Å²) in [6.07, 6.45) is 0. The Kier molecular flexibility index (Phi) is 11.8. The number of benzene rings is 10. The monoisotopic (exact) mass is 1230 g/mol. The molecule has 6 nitrogen and oxygen atoms in total. The Balaban J connectivity index is 0.000000185. The topological polar surface area (TPSA) is 72.6 Å². The van der Waals surface area contributed by atoms with E-state index in [4.69, 9.17) is 26.7 Å². The predicted octanol–water partition coefficient (Wildman–Crippen LogP) is 19.1. The minimum Gasteiger partial charge on any atom is -0.500 e. The molecule has 0 amide bonds. The van der Waals surface area contributed by atoms with Crippen molar-refractivity contribution in [3.63, 3.8) is 0 Å². The van der Waals surface area contributed by atoms with Gasteiger partial charge >= 0.3 is 0 Å². The zero-order chi connectivity index (χ0) is 62.0. The van der Waals surface area contributed by atoms with Crippen LogP contribution in [0.25, 0.3) is 112 Å². The summed E-state index contributed by atoms with van der Waals surface area (Å²) in [4.78, 5) is 9.99. The summed E-state index contributed by atoms with van der Waals surface area (Å²) >= 11 is 0. The molecule has 0 aliphatic heterocycles. The van der Waals surface area contributed by atoms with Gasteiger partial charge in [-0.1, -0.05) is 166 Å². The normalized spacial score (nSPS) is 13.5. The quantitative estimate of drug-likeness (QED) is 0.135. The van der Waals surface area contributed by atoms with E-state index in [0.717, 1.165) is 50.0 Å². The number of nitrogens with zero attached hydrogens (tertiary/aromatic N) is 5. The smallest absolute Gasteiger partial charge is 0.123 e. The second-order valence-electron chi connectivity index (χ2n) is 20.1. The number of rotatable bonds is 9. The summed E-state index contributed by atoms with van der Waals surface area (Å²) in [6.45, 7) is 1.22. The first kappa shape index (κ1) is 43.0. The molecule has 13 rings (SSSR count). The average molecular weight is 1230 g/mol. The molecule has 0 unspecified atom stereocenters. The third-order valence-electron chi connectivity index (χ3n) is 14.5. The Morgan fingerprint density at radius 3 is 1.74 bits per heavy atom. The molecule has 0 fully saturated rings. The second kappa shape index (κ2) is 22.0. The van der Waals surface area contributed by atoms with E-state index in [-0.39, 0.29) is 65.7 Å². The van der Waals surface area contributed by atoms with Crippen molar-refractivity contribution >= 4 is 44.0 Å². The Morgan fingerprint density at radius 1 is 0.550 bits per heavy atom. The van der Waals surface area contributed by atoms with Gasteiger partial charge in [-0.15, -0.1) is 47.5 Å². The van der Waals surface area contributed by atoms with Crippen LogP contribution in [0.15, 0.2) is 205 Å². The number of aromatic nitrogens is 4. The first-order valence-corrected chi connectivity index (χ1v) is 26.1. The number of imidazole rings is 2. The fourth-order valence-electron chi connectivity index (χ4n) is 10.6. The average Bonchev–Trinajstić information content (AvgIpc) is 1.85. The van der Waals surface area contributed by atoms with Crippen molar-refractivity contribution in [3.8, 4) is 73.6 Å². The maximum Gasteiger partial charge on any atom is 0.123 e. The molecule has 0 atom stereocenters. The van der Waals surface area contributed by atoms with Gasteiger partial charge in [0.15, 0.2) is 0 Å². The number of para-hydroxylation sites is 5. The largest absolute Gasteiger partial charge is 0.500 e. The molecule has 1 radical (unpaired) electrons. The first-order chi connectivity index (χ1) is 42.1. The van der Waals surface area contributed by atoms with Crippen molar-refractivity contribution in [2.24, 2.45) is 0 Å². The summed E-state index contributed by atoms with van der Waals surface area (Å²) in [7, 11) is 0. The molecule has 8 heteroatoms. The molecule has 0 bridgehead atoms. The van der Waals surface area contributed by atoms with Gasteiger partial charge in [0, 0.05) is 54.8 Å². The van der Waals surface area contributed by atoms with Crippen LogP contribution < -0.4 is 0 Å². The van der Waals surface area contributed by atoms with E-state index < -0.39 is 26.4 Å². The Labute approximate surface area is 492 Å². The molecule has 80 heavy (non-hydrogen) atoms. The summed E-state index contributed by atoms with van der Waals surface area (Å²) in [5, 5.41) is 12.0. The van der Waals surface area contributed by atoms with Crippen LogP contribution >= 0.6 is 0 Å². The minimum absolute atomic E-state index is 0. The van der Waals surface area contributed by atoms with Gasteiger partial charge in [0.05, 0.1) is 50.9 Å². The van der Waals surface area contributed by atoms with Gasteiger partial charge in [0.1, 0.15) is 11.4 Å². The number of fused-ring (bicyclic) bond motifs is 5. The second-order valence-corrected chi connectivity index (χ2v) is 20.1. The summed E-state index contributed by atoms with van der Waals surface area (Å²) in [5.74, 6) is 0.968. The maximum atomic E-state index is 13.7. The standard InChI is InChI=1S/C44H34N3O.C28H22FN2.Ir/c1-27(2)35-22-31(29-14-7-5-8-15-29)23-36(28(3)4)42(35)47-40-21-12-11-20-39(40)46-44(47)34-19-13-18-33-38-25-37(30-16-9-6-10-17-30)32(26-45)24-41(38)48-43(33)34;1-18-11-12-22(17-24(18)21-13-15-23(29)16-14-21)28-30-25-9-4-5-10-26(25)31(28)27-19(2)7-6-8-20(27)3;/h5-18,20-25,27-28H,1-4H3;4-11,13-17H,1-3H3;/q2*-1;/i;1D3,2D3,3D3;. The van der Waals surface area contributed by atoms with Gasteiger partial charge in [0.25, 0.3) is 0 Å². The molecule has 0 N–H and O–H groups in total. The molecular weight excluding hydrogens is 1160 g/mol. The molecular formula is C72H56FIrN5O-2. The SMILES string of the molecule is CC(C)c1cc(-c2ccccc2)cc(C(C)C)c1-n1c(-c2[c-]ccc3c2oc2cc(C#N)c(-c4ccccc4)cc23)nc2ccccc21.[2H]C([2H])([2H])c1c[c-]c(-c2nc3ccccc3n2-c2c(C([2H])([2H])[2H])cccc2C([2H])([2H])[2H])cc1-c1ccc(F)cc1.[Ir]. The van der Waals surface area contributed by atoms with E-state index in [2.05, 4.69) is 117 Å². The van der Waals surface area contributed by atoms with Gasteiger partial charge in [-0.25, -0.2) is 4.39 Å². The zero-order valence-electron chi connectivity index (χ0n) is 53.1. The Hall–Kier alpha value is -8.99. The molecule has 0 saturated heterocycles. The number of nitriles is 1. The Morgan fingerprint density at radius 2 is 1.12 bits per heavy atom. The van der Waals surface area contributed by atoms with Crippen LogP contribution in [0.1, 0.15) is 85.2 Å². The fourth-order valence-corrected chi connectivity index (χ4v) is 10.6. The van der Waals surface area contributed by atoms with E-state index in [0.29, 0.717) is 38.9 Å². The van der Waals surface area contributed by atoms with Crippen LogP contribution in [-0.4, -0.2) is 19.1 Å². The van der Waals surface area contributed by atoms with E-state index >= 15 is 0 Å². The van der Waals surface area contributed by atoms with Gasteiger partial charge < -0.3 is 13.6 Å². The van der Waals surface area contributed by atoms with Crippen LogP contribution in [0, 0.1) is 49.8 Å². The molecule has 0 saturated carbocycles. The Bertz CT molecular complexity index is 4790.